The van der Waals surface area contributed by atoms with Gasteiger partial charge in [0, 0.05) is 30.7 Å². The first kappa shape index (κ1) is 12.6. The van der Waals surface area contributed by atoms with Gasteiger partial charge in [-0.05, 0) is 69.6 Å². The van der Waals surface area contributed by atoms with Crippen LogP contribution in [0.1, 0.15) is 58.8 Å². The molecular formula is C17H30N2. The molecule has 0 spiro atoms. The van der Waals surface area contributed by atoms with Crippen LogP contribution in [0.4, 0.5) is 0 Å². The Morgan fingerprint density at radius 1 is 1.05 bits per heavy atom. The zero-order valence-corrected chi connectivity index (χ0v) is 12.7. The maximum absolute atomic E-state index is 3.70. The minimum Gasteiger partial charge on any atom is -0.311 e. The first-order valence-electron chi connectivity index (χ1n) is 8.68. The Bertz CT molecular complexity index is 316. The highest BCUT2D eigenvalue weighted by atomic mass is 15.3. The van der Waals surface area contributed by atoms with Gasteiger partial charge in [-0.3, -0.25) is 4.90 Å². The maximum atomic E-state index is 3.70. The fourth-order valence-corrected chi connectivity index (χ4v) is 6.32. The molecule has 4 saturated carbocycles. The van der Waals surface area contributed by atoms with E-state index < -0.39 is 0 Å². The summed E-state index contributed by atoms with van der Waals surface area (Å²) in [5.74, 6) is 3.23. The normalized spacial score (nSPS) is 53.7. The van der Waals surface area contributed by atoms with Crippen molar-refractivity contribution in [3.63, 3.8) is 0 Å². The van der Waals surface area contributed by atoms with E-state index in [1.807, 2.05) is 0 Å². The zero-order valence-electron chi connectivity index (χ0n) is 12.7. The molecule has 4 bridgehead atoms. The second-order valence-electron chi connectivity index (χ2n) is 8.17. The molecule has 5 rings (SSSR count). The molecule has 1 heterocycles. The van der Waals surface area contributed by atoms with E-state index in [1.54, 1.807) is 19.3 Å². The molecule has 0 aromatic heterocycles. The molecule has 108 valence electrons. The Hall–Kier alpha value is -0.0800. The van der Waals surface area contributed by atoms with Crippen molar-refractivity contribution >= 4 is 0 Å². The number of piperazine rings is 1. The summed E-state index contributed by atoms with van der Waals surface area (Å²) >= 11 is 0. The van der Waals surface area contributed by atoms with Crippen molar-refractivity contribution in [3.8, 4) is 0 Å². The molecule has 0 amide bonds. The largest absolute Gasteiger partial charge is 0.311 e. The standard InChI is InChI=1S/C17H30N2/c1-3-16-10-18-12(2)11-19(16)17-7-13-4-14(8-17)6-15(5-13)9-17/h12-16,18H,3-11H2,1-2H3. The maximum Gasteiger partial charge on any atom is 0.0224 e. The zero-order chi connectivity index (χ0) is 13.0. The summed E-state index contributed by atoms with van der Waals surface area (Å²) in [6.07, 6.45) is 10.6. The summed E-state index contributed by atoms with van der Waals surface area (Å²) in [6.45, 7) is 7.28. The average molecular weight is 262 g/mol. The molecule has 0 aromatic rings. The Morgan fingerprint density at radius 3 is 2.16 bits per heavy atom. The third kappa shape index (κ3) is 1.98. The van der Waals surface area contributed by atoms with Gasteiger partial charge in [0.25, 0.3) is 0 Å². The van der Waals surface area contributed by atoms with E-state index in [0.29, 0.717) is 11.6 Å². The smallest absolute Gasteiger partial charge is 0.0224 e. The fourth-order valence-electron chi connectivity index (χ4n) is 6.32. The van der Waals surface area contributed by atoms with E-state index in [-0.39, 0.29) is 0 Å². The highest BCUT2D eigenvalue weighted by molar-refractivity contribution is 5.09. The minimum atomic E-state index is 0.617. The first-order chi connectivity index (χ1) is 9.18. The summed E-state index contributed by atoms with van der Waals surface area (Å²) in [5.41, 5.74) is 0.617. The summed E-state index contributed by atoms with van der Waals surface area (Å²) in [5, 5.41) is 3.70. The summed E-state index contributed by atoms with van der Waals surface area (Å²) in [7, 11) is 0. The third-order valence-electron chi connectivity index (χ3n) is 6.70. The molecule has 1 saturated heterocycles. The van der Waals surface area contributed by atoms with Gasteiger partial charge in [0.15, 0.2) is 0 Å². The van der Waals surface area contributed by atoms with Crippen molar-refractivity contribution in [1.29, 1.82) is 0 Å². The number of nitrogens with one attached hydrogen (secondary N) is 1. The van der Waals surface area contributed by atoms with Crippen molar-refractivity contribution in [3.05, 3.63) is 0 Å². The number of rotatable bonds is 2. The van der Waals surface area contributed by atoms with E-state index in [9.17, 15) is 0 Å². The molecule has 1 N–H and O–H groups in total. The predicted octanol–water partition coefficient (Wildman–Crippen LogP) is 3.03. The summed E-state index contributed by atoms with van der Waals surface area (Å²) in [6, 6.07) is 1.49. The topological polar surface area (TPSA) is 15.3 Å². The molecule has 0 aromatic carbocycles. The molecular weight excluding hydrogens is 232 g/mol. The highest BCUT2D eigenvalue weighted by Gasteiger charge is 2.54. The molecule has 5 fully saturated rings. The van der Waals surface area contributed by atoms with E-state index in [0.717, 1.165) is 23.8 Å². The second-order valence-corrected chi connectivity index (χ2v) is 8.17. The van der Waals surface area contributed by atoms with Gasteiger partial charge in [0.2, 0.25) is 0 Å². The van der Waals surface area contributed by atoms with Gasteiger partial charge in [-0.2, -0.15) is 0 Å². The van der Waals surface area contributed by atoms with Crippen molar-refractivity contribution in [2.24, 2.45) is 17.8 Å². The summed E-state index contributed by atoms with van der Waals surface area (Å²) < 4.78 is 0. The van der Waals surface area contributed by atoms with Crippen molar-refractivity contribution in [2.45, 2.75) is 76.4 Å². The van der Waals surface area contributed by atoms with Crippen LogP contribution >= 0.6 is 0 Å². The number of hydrogen-bond donors (Lipinski definition) is 1. The molecule has 2 heteroatoms. The van der Waals surface area contributed by atoms with Crippen LogP contribution in [-0.2, 0) is 0 Å². The van der Waals surface area contributed by atoms with E-state index in [4.69, 9.17) is 0 Å². The van der Waals surface area contributed by atoms with Crippen molar-refractivity contribution < 1.29 is 0 Å². The Balaban J connectivity index is 1.62. The van der Waals surface area contributed by atoms with Crippen molar-refractivity contribution in [1.82, 2.24) is 10.2 Å². The molecule has 0 radical (unpaired) electrons. The predicted molar refractivity (Wildman–Crippen MR) is 79.2 cm³/mol. The van der Waals surface area contributed by atoms with Crippen LogP contribution in [0.25, 0.3) is 0 Å². The van der Waals surface area contributed by atoms with Gasteiger partial charge in [-0.1, -0.05) is 6.92 Å². The van der Waals surface area contributed by atoms with Crippen molar-refractivity contribution in [2.75, 3.05) is 13.1 Å². The van der Waals surface area contributed by atoms with E-state index in [2.05, 4.69) is 24.1 Å². The quantitative estimate of drug-likeness (QED) is 0.823. The molecule has 2 unspecified atom stereocenters. The lowest BCUT2D eigenvalue weighted by molar-refractivity contribution is -0.114. The van der Waals surface area contributed by atoms with Crippen LogP contribution < -0.4 is 5.32 Å². The van der Waals surface area contributed by atoms with Crippen LogP contribution in [-0.4, -0.2) is 35.6 Å². The Labute approximate surface area is 118 Å². The van der Waals surface area contributed by atoms with E-state index >= 15 is 0 Å². The van der Waals surface area contributed by atoms with Crippen LogP contribution in [0.5, 0.6) is 0 Å². The van der Waals surface area contributed by atoms with Crippen LogP contribution in [0, 0.1) is 17.8 Å². The third-order valence-corrected chi connectivity index (χ3v) is 6.70. The number of hydrogen-bond acceptors (Lipinski definition) is 2. The Morgan fingerprint density at radius 2 is 1.63 bits per heavy atom. The van der Waals surface area contributed by atoms with Gasteiger partial charge in [-0.25, -0.2) is 0 Å². The van der Waals surface area contributed by atoms with Gasteiger partial charge in [-0.15, -0.1) is 0 Å². The monoisotopic (exact) mass is 262 g/mol. The van der Waals surface area contributed by atoms with Gasteiger partial charge in [0.05, 0.1) is 0 Å². The van der Waals surface area contributed by atoms with Gasteiger partial charge in [0.1, 0.15) is 0 Å². The van der Waals surface area contributed by atoms with Crippen LogP contribution in [0.2, 0.25) is 0 Å². The highest BCUT2D eigenvalue weighted by Crippen LogP contribution is 2.58. The van der Waals surface area contributed by atoms with Gasteiger partial charge < -0.3 is 5.32 Å². The first-order valence-corrected chi connectivity index (χ1v) is 8.68. The molecule has 4 aliphatic carbocycles. The Kier molecular flexibility index (Phi) is 2.97. The molecule has 2 atom stereocenters. The van der Waals surface area contributed by atoms with E-state index in [1.165, 1.54) is 38.8 Å². The lowest BCUT2D eigenvalue weighted by Crippen LogP contribution is -2.68. The molecule has 5 aliphatic rings. The minimum absolute atomic E-state index is 0.617. The molecule has 1 aliphatic heterocycles. The number of nitrogens with zero attached hydrogens (tertiary/aromatic N) is 1. The lowest BCUT2D eigenvalue weighted by Gasteiger charge is -2.63. The lowest BCUT2D eigenvalue weighted by atomic mass is 9.52. The van der Waals surface area contributed by atoms with Crippen LogP contribution in [0.15, 0.2) is 0 Å². The molecule has 2 nitrogen and oxygen atoms in total. The SMILES string of the molecule is CCC1CNC(C)CN1C12CC3CC(CC(C3)C1)C2. The van der Waals surface area contributed by atoms with Gasteiger partial charge >= 0.3 is 0 Å². The fraction of sp³-hybridized carbons (Fsp3) is 1.00. The van der Waals surface area contributed by atoms with Crippen LogP contribution in [0.3, 0.4) is 0 Å². The molecule has 19 heavy (non-hydrogen) atoms. The summed E-state index contributed by atoms with van der Waals surface area (Å²) in [4.78, 5) is 2.98. The second kappa shape index (κ2) is 4.46. The average Bonchev–Trinajstić information content (AvgIpc) is 2.37.